The Bertz CT molecular complexity index is 639. The van der Waals surface area contributed by atoms with Crippen LogP contribution in [-0.2, 0) is 14.8 Å². The van der Waals surface area contributed by atoms with Gasteiger partial charge in [0.05, 0.1) is 4.90 Å². The van der Waals surface area contributed by atoms with E-state index in [9.17, 15) is 13.2 Å². The number of nitrogens with two attached hydrogens (primary N) is 1. The second-order valence-corrected chi connectivity index (χ2v) is 6.48. The number of primary sulfonamides is 1. The summed E-state index contributed by atoms with van der Waals surface area (Å²) < 4.78 is 28.6. The molecule has 0 aliphatic rings. The van der Waals surface area contributed by atoms with Gasteiger partial charge >= 0.3 is 0 Å². The van der Waals surface area contributed by atoms with Gasteiger partial charge in [0, 0.05) is 6.54 Å². The number of hydrogen-bond acceptors (Lipinski definition) is 4. The van der Waals surface area contributed by atoms with Crippen LogP contribution in [0.25, 0.3) is 0 Å². The first-order chi connectivity index (χ1) is 9.68. The highest BCUT2D eigenvalue weighted by Crippen LogP contribution is 2.30. The number of amides is 1. The molecule has 0 fully saturated rings. The quantitative estimate of drug-likeness (QED) is 0.823. The number of benzene rings is 1. The molecule has 0 aliphatic heterocycles. The summed E-state index contributed by atoms with van der Waals surface area (Å²) >= 11 is 0. The maximum absolute atomic E-state index is 11.6. The summed E-state index contributed by atoms with van der Waals surface area (Å²) in [5, 5.41) is 7.90. The predicted molar refractivity (Wildman–Crippen MR) is 80.8 cm³/mol. The zero-order valence-corrected chi connectivity index (χ0v) is 13.6. The van der Waals surface area contributed by atoms with E-state index in [0.29, 0.717) is 29.0 Å². The van der Waals surface area contributed by atoms with Gasteiger partial charge in [-0.05, 0) is 49.9 Å². The van der Waals surface area contributed by atoms with Gasteiger partial charge in [-0.25, -0.2) is 13.6 Å². The van der Waals surface area contributed by atoms with Crippen LogP contribution in [0.15, 0.2) is 11.0 Å². The Morgan fingerprint density at radius 1 is 1.29 bits per heavy atom. The lowest BCUT2D eigenvalue weighted by Gasteiger charge is -2.16. The summed E-state index contributed by atoms with van der Waals surface area (Å²) in [7, 11) is -3.77. The molecule has 0 radical (unpaired) electrons. The molecule has 1 amide bonds. The lowest BCUT2D eigenvalue weighted by molar-refractivity contribution is -0.123. The second kappa shape index (κ2) is 6.91. The van der Waals surface area contributed by atoms with Gasteiger partial charge in [-0.2, -0.15) is 0 Å². The largest absolute Gasteiger partial charge is 0.483 e. The minimum Gasteiger partial charge on any atom is -0.483 e. The van der Waals surface area contributed by atoms with Gasteiger partial charge in [-0.1, -0.05) is 6.92 Å². The normalized spacial score (nSPS) is 11.3. The number of hydrogen-bond donors (Lipinski definition) is 2. The van der Waals surface area contributed by atoms with Crippen LogP contribution in [0.3, 0.4) is 0 Å². The van der Waals surface area contributed by atoms with Crippen molar-refractivity contribution in [1.82, 2.24) is 5.32 Å². The highest BCUT2D eigenvalue weighted by Gasteiger charge is 2.18. The Hall–Kier alpha value is -1.60. The monoisotopic (exact) mass is 314 g/mol. The molecule has 21 heavy (non-hydrogen) atoms. The summed E-state index contributed by atoms with van der Waals surface area (Å²) in [4.78, 5) is 11.6. The minimum absolute atomic E-state index is 0.0836. The number of carbonyl (C=O) groups excluding carboxylic acids is 1. The van der Waals surface area contributed by atoms with Crippen LogP contribution in [0.2, 0.25) is 0 Å². The lowest BCUT2D eigenvalue weighted by Crippen LogP contribution is -2.29. The van der Waals surface area contributed by atoms with Crippen LogP contribution >= 0.6 is 0 Å². The zero-order chi connectivity index (χ0) is 16.2. The van der Waals surface area contributed by atoms with E-state index in [-0.39, 0.29) is 17.4 Å². The molecule has 0 saturated carbocycles. The molecule has 6 nitrogen and oxygen atoms in total. The number of carbonyl (C=O) groups is 1. The van der Waals surface area contributed by atoms with Gasteiger partial charge < -0.3 is 10.1 Å². The van der Waals surface area contributed by atoms with Crippen LogP contribution in [-0.4, -0.2) is 27.5 Å². The molecule has 7 heteroatoms. The van der Waals surface area contributed by atoms with Crippen molar-refractivity contribution in [3.05, 3.63) is 22.8 Å². The maximum Gasteiger partial charge on any atom is 0.257 e. The first-order valence-electron chi connectivity index (χ1n) is 6.71. The molecule has 118 valence electrons. The van der Waals surface area contributed by atoms with Crippen molar-refractivity contribution in [3.63, 3.8) is 0 Å². The minimum atomic E-state index is -3.77. The third kappa shape index (κ3) is 4.44. The number of rotatable bonds is 6. The average molecular weight is 314 g/mol. The molecule has 0 aromatic heterocycles. The smallest absolute Gasteiger partial charge is 0.257 e. The van der Waals surface area contributed by atoms with E-state index in [4.69, 9.17) is 9.88 Å². The standard InChI is InChI=1S/C14H22N2O4S/c1-5-6-16-13(17)8-20-14-9(2)7-12(21(15,18)19)10(3)11(14)4/h7H,5-6,8H2,1-4H3,(H,16,17)(H2,15,18,19). The highest BCUT2D eigenvalue weighted by atomic mass is 32.2. The van der Waals surface area contributed by atoms with E-state index in [1.807, 2.05) is 6.92 Å². The van der Waals surface area contributed by atoms with E-state index in [2.05, 4.69) is 5.32 Å². The Morgan fingerprint density at radius 3 is 2.43 bits per heavy atom. The highest BCUT2D eigenvalue weighted by molar-refractivity contribution is 7.89. The van der Waals surface area contributed by atoms with Crippen LogP contribution in [0.1, 0.15) is 30.0 Å². The SMILES string of the molecule is CCCNC(=O)COc1c(C)cc(S(N)(=O)=O)c(C)c1C. The molecule has 0 spiro atoms. The molecule has 0 bridgehead atoms. The van der Waals surface area contributed by atoms with Crippen LogP contribution in [0, 0.1) is 20.8 Å². The van der Waals surface area contributed by atoms with E-state index < -0.39 is 10.0 Å². The molecule has 0 atom stereocenters. The third-order valence-electron chi connectivity index (χ3n) is 3.20. The summed E-state index contributed by atoms with van der Waals surface area (Å²) in [6.07, 6.45) is 0.853. The predicted octanol–water partition coefficient (Wildman–Crippen LogP) is 1.16. The Balaban J connectivity index is 3.00. The van der Waals surface area contributed by atoms with Crippen molar-refractivity contribution < 1.29 is 17.9 Å². The second-order valence-electron chi connectivity index (χ2n) is 4.95. The molecule has 1 aromatic carbocycles. The maximum atomic E-state index is 11.6. The van der Waals surface area contributed by atoms with Crippen molar-refractivity contribution in [2.45, 2.75) is 39.0 Å². The fraction of sp³-hybridized carbons (Fsp3) is 0.500. The van der Waals surface area contributed by atoms with Gasteiger partial charge in [-0.3, -0.25) is 4.79 Å². The van der Waals surface area contributed by atoms with Crippen LogP contribution in [0.4, 0.5) is 0 Å². The van der Waals surface area contributed by atoms with Gasteiger partial charge in [0.1, 0.15) is 5.75 Å². The fourth-order valence-electron chi connectivity index (χ4n) is 1.99. The van der Waals surface area contributed by atoms with Gasteiger partial charge in [0.15, 0.2) is 6.61 Å². The van der Waals surface area contributed by atoms with Crippen molar-refractivity contribution in [2.24, 2.45) is 5.14 Å². The van der Waals surface area contributed by atoms with Crippen molar-refractivity contribution >= 4 is 15.9 Å². The third-order valence-corrected chi connectivity index (χ3v) is 4.24. The summed E-state index contributed by atoms with van der Waals surface area (Å²) in [5.41, 5.74) is 1.83. The number of nitrogens with one attached hydrogen (secondary N) is 1. The van der Waals surface area contributed by atoms with E-state index in [1.165, 1.54) is 6.07 Å². The molecular weight excluding hydrogens is 292 g/mol. The molecule has 0 heterocycles. The van der Waals surface area contributed by atoms with E-state index in [0.717, 1.165) is 6.42 Å². The van der Waals surface area contributed by atoms with Crippen LogP contribution in [0.5, 0.6) is 5.75 Å². The van der Waals surface area contributed by atoms with Crippen molar-refractivity contribution in [1.29, 1.82) is 0 Å². The number of ether oxygens (including phenoxy) is 1. The summed E-state index contributed by atoms with van der Waals surface area (Å²) in [6, 6.07) is 1.47. The molecule has 0 saturated heterocycles. The lowest BCUT2D eigenvalue weighted by atomic mass is 10.1. The molecule has 0 unspecified atom stereocenters. The molecular formula is C14H22N2O4S. The summed E-state index contributed by atoms with van der Waals surface area (Å²) in [6.45, 7) is 7.60. The van der Waals surface area contributed by atoms with Gasteiger partial charge in [0.25, 0.3) is 5.91 Å². The van der Waals surface area contributed by atoms with Gasteiger partial charge in [-0.15, -0.1) is 0 Å². The molecule has 3 N–H and O–H groups in total. The number of aryl methyl sites for hydroxylation is 1. The van der Waals surface area contributed by atoms with Gasteiger partial charge in [0.2, 0.25) is 10.0 Å². The van der Waals surface area contributed by atoms with Crippen molar-refractivity contribution in [2.75, 3.05) is 13.2 Å². The van der Waals surface area contributed by atoms with Crippen LogP contribution < -0.4 is 15.2 Å². The van der Waals surface area contributed by atoms with Crippen molar-refractivity contribution in [3.8, 4) is 5.75 Å². The Labute approximate surface area is 125 Å². The van der Waals surface area contributed by atoms with E-state index in [1.54, 1.807) is 20.8 Å². The van der Waals surface area contributed by atoms with E-state index >= 15 is 0 Å². The molecule has 1 rings (SSSR count). The summed E-state index contributed by atoms with van der Waals surface area (Å²) in [5.74, 6) is 0.315. The topological polar surface area (TPSA) is 98.5 Å². The fourth-order valence-corrected chi connectivity index (χ4v) is 2.91. The first-order valence-corrected chi connectivity index (χ1v) is 8.26. The Kier molecular flexibility index (Phi) is 5.74. The zero-order valence-electron chi connectivity index (χ0n) is 12.8. The average Bonchev–Trinajstić information content (AvgIpc) is 2.39. The first kappa shape index (κ1) is 17.5. The molecule has 0 aliphatic carbocycles. The number of sulfonamides is 1. The molecule has 1 aromatic rings. The Morgan fingerprint density at radius 2 is 1.90 bits per heavy atom.